The molecule has 2 aromatic heterocycles. The van der Waals surface area contributed by atoms with Crippen LogP contribution in [0.1, 0.15) is 24.1 Å². The van der Waals surface area contributed by atoms with Gasteiger partial charge in [0.1, 0.15) is 12.4 Å². The number of likely N-dealkylation sites (tertiary alicyclic amines) is 1. The van der Waals surface area contributed by atoms with Crippen LogP contribution in [-0.4, -0.2) is 76.7 Å². The van der Waals surface area contributed by atoms with Crippen molar-refractivity contribution in [3.63, 3.8) is 0 Å². The number of aromatic nitrogens is 3. The molecule has 1 aromatic carbocycles. The summed E-state index contributed by atoms with van der Waals surface area (Å²) < 4.78 is 14.2. The zero-order valence-electron chi connectivity index (χ0n) is 18.7. The fourth-order valence-electron chi connectivity index (χ4n) is 4.80. The quantitative estimate of drug-likeness (QED) is 0.542. The number of imidazole rings is 1. The summed E-state index contributed by atoms with van der Waals surface area (Å²) in [6.07, 6.45) is 11.3. The van der Waals surface area contributed by atoms with Crippen LogP contribution < -0.4 is 4.74 Å². The van der Waals surface area contributed by atoms with Crippen molar-refractivity contribution in [2.75, 3.05) is 52.5 Å². The molecule has 5 rings (SSSR count). The highest BCUT2D eigenvalue weighted by Gasteiger charge is 2.21. The smallest absolute Gasteiger partial charge is 0.155 e. The van der Waals surface area contributed by atoms with Gasteiger partial charge < -0.3 is 13.9 Å². The molecule has 0 bridgehead atoms. The third kappa shape index (κ3) is 5.46. The Bertz CT molecular complexity index is 1000. The molecule has 2 saturated heterocycles. The fraction of sp³-hybridized carbons (Fsp3) is 0.520. The molecule has 32 heavy (non-hydrogen) atoms. The van der Waals surface area contributed by atoms with Crippen molar-refractivity contribution in [1.29, 1.82) is 0 Å². The average molecular weight is 436 g/mol. The van der Waals surface area contributed by atoms with Gasteiger partial charge in [0.05, 0.1) is 25.1 Å². The van der Waals surface area contributed by atoms with Crippen molar-refractivity contribution in [2.24, 2.45) is 5.92 Å². The summed E-state index contributed by atoms with van der Waals surface area (Å²) in [5, 5.41) is 0. The number of nitrogens with zero attached hydrogens (tertiary/aromatic N) is 5. The van der Waals surface area contributed by atoms with Crippen LogP contribution in [0.15, 0.2) is 49.1 Å². The molecular formula is C25H33N5O2. The molecule has 7 heteroatoms. The third-order valence-electron chi connectivity index (χ3n) is 6.48. The summed E-state index contributed by atoms with van der Waals surface area (Å²) >= 11 is 0. The Morgan fingerprint density at radius 3 is 2.91 bits per heavy atom. The highest BCUT2D eigenvalue weighted by atomic mass is 16.5. The molecule has 2 aliphatic heterocycles. The predicted octanol–water partition coefficient (Wildman–Crippen LogP) is 2.90. The van der Waals surface area contributed by atoms with E-state index in [1.165, 1.54) is 31.5 Å². The van der Waals surface area contributed by atoms with E-state index in [9.17, 15) is 0 Å². The molecule has 0 aliphatic carbocycles. The molecule has 2 aliphatic rings. The van der Waals surface area contributed by atoms with E-state index in [-0.39, 0.29) is 0 Å². The van der Waals surface area contributed by atoms with E-state index in [0.29, 0.717) is 5.92 Å². The lowest BCUT2D eigenvalue weighted by atomic mass is 10.0. The first-order valence-electron chi connectivity index (χ1n) is 11.8. The lowest BCUT2D eigenvalue weighted by molar-refractivity contribution is 0.121. The maximum Gasteiger partial charge on any atom is 0.155 e. The van der Waals surface area contributed by atoms with Crippen LogP contribution in [0.4, 0.5) is 0 Å². The first-order valence-corrected chi connectivity index (χ1v) is 11.8. The Labute approximate surface area is 190 Å². The first-order chi connectivity index (χ1) is 15.8. The van der Waals surface area contributed by atoms with Crippen molar-refractivity contribution < 1.29 is 9.47 Å². The molecule has 0 radical (unpaired) electrons. The van der Waals surface area contributed by atoms with Gasteiger partial charge in [-0.15, -0.1) is 0 Å². The molecule has 170 valence electrons. The largest absolute Gasteiger partial charge is 0.492 e. The van der Waals surface area contributed by atoms with Crippen LogP contribution in [0.5, 0.6) is 5.75 Å². The van der Waals surface area contributed by atoms with E-state index in [1.807, 2.05) is 23.0 Å². The van der Waals surface area contributed by atoms with E-state index in [4.69, 9.17) is 9.47 Å². The number of ether oxygens (including phenoxy) is 2. The van der Waals surface area contributed by atoms with Gasteiger partial charge in [-0.1, -0.05) is 18.2 Å². The molecule has 7 nitrogen and oxygen atoms in total. The predicted molar refractivity (Wildman–Crippen MR) is 124 cm³/mol. The Kier molecular flexibility index (Phi) is 6.96. The second kappa shape index (κ2) is 10.4. The normalized spacial score (nSPS) is 20.6. The van der Waals surface area contributed by atoms with Gasteiger partial charge in [-0.25, -0.2) is 4.98 Å². The maximum atomic E-state index is 6.21. The Morgan fingerprint density at radius 1 is 1.06 bits per heavy atom. The third-order valence-corrected chi connectivity index (χ3v) is 6.48. The standard InChI is InChI=1S/C25H33N5O2/c1-2-6-24(32-14-12-28-8-3-4-9-28)22(5-1)18-29-11-13-31-20-21(17-29)15-23-19-30-10-7-26-25(30)16-27-23/h1-2,5-7,10,16,19,21H,3-4,8-9,11-15,17-18,20H2. The molecule has 2 fully saturated rings. The van der Waals surface area contributed by atoms with Crippen LogP contribution in [0, 0.1) is 5.92 Å². The van der Waals surface area contributed by atoms with Gasteiger partial charge in [-0.05, 0) is 38.4 Å². The lowest BCUT2D eigenvalue weighted by Gasteiger charge is -2.24. The molecular weight excluding hydrogens is 402 g/mol. The van der Waals surface area contributed by atoms with Crippen LogP contribution in [-0.2, 0) is 17.7 Å². The van der Waals surface area contributed by atoms with Crippen molar-refractivity contribution in [1.82, 2.24) is 24.2 Å². The van der Waals surface area contributed by atoms with E-state index in [1.54, 1.807) is 0 Å². The first kappa shape index (κ1) is 21.4. The second-order valence-corrected chi connectivity index (χ2v) is 8.96. The number of benzene rings is 1. The number of hydrogen-bond acceptors (Lipinski definition) is 6. The number of rotatable bonds is 8. The lowest BCUT2D eigenvalue weighted by Crippen LogP contribution is -2.31. The summed E-state index contributed by atoms with van der Waals surface area (Å²) in [6.45, 7) is 8.54. The van der Waals surface area contributed by atoms with Crippen LogP contribution in [0.2, 0.25) is 0 Å². The molecule has 0 N–H and O–H groups in total. The number of para-hydroxylation sites is 1. The number of fused-ring (bicyclic) bond motifs is 1. The fourth-order valence-corrected chi connectivity index (χ4v) is 4.80. The molecule has 1 atom stereocenters. The van der Waals surface area contributed by atoms with Crippen molar-refractivity contribution in [2.45, 2.75) is 25.8 Å². The van der Waals surface area contributed by atoms with E-state index >= 15 is 0 Å². The van der Waals surface area contributed by atoms with Crippen molar-refractivity contribution in [3.05, 3.63) is 60.3 Å². The van der Waals surface area contributed by atoms with Crippen LogP contribution in [0.25, 0.3) is 5.65 Å². The summed E-state index contributed by atoms with van der Waals surface area (Å²) in [6, 6.07) is 8.48. The Balaban J connectivity index is 1.19. The molecule has 4 heterocycles. The average Bonchev–Trinajstić information content (AvgIpc) is 3.44. The topological polar surface area (TPSA) is 55.1 Å². The van der Waals surface area contributed by atoms with Crippen molar-refractivity contribution >= 4 is 5.65 Å². The second-order valence-electron chi connectivity index (χ2n) is 8.96. The molecule has 0 spiro atoms. The minimum Gasteiger partial charge on any atom is -0.492 e. The highest BCUT2D eigenvalue weighted by molar-refractivity contribution is 5.35. The maximum absolute atomic E-state index is 6.21. The van der Waals surface area contributed by atoms with Gasteiger partial charge in [-0.3, -0.25) is 14.8 Å². The van der Waals surface area contributed by atoms with Gasteiger partial charge in [0, 0.05) is 56.3 Å². The van der Waals surface area contributed by atoms with Gasteiger partial charge >= 0.3 is 0 Å². The van der Waals surface area contributed by atoms with Crippen LogP contribution >= 0.6 is 0 Å². The molecule has 3 aromatic rings. The van der Waals surface area contributed by atoms with Gasteiger partial charge in [0.25, 0.3) is 0 Å². The summed E-state index contributed by atoms with van der Waals surface area (Å²) in [5.41, 5.74) is 3.22. The van der Waals surface area contributed by atoms with E-state index in [2.05, 4.69) is 50.2 Å². The van der Waals surface area contributed by atoms with Gasteiger partial charge in [0.2, 0.25) is 0 Å². The van der Waals surface area contributed by atoms with Gasteiger partial charge in [0.15, 0.2) is 5.65 Å². The summed E-state index contributed by atoms with van der Waals surface area (Å²) in [4.78, 5) is 13.9. The number of hydrogen-bond donors (Lipinski definition) is 0. The Hall–Kier alpha value is -2.48. The summed E-state index contributed by atoms with van der Waals surface area (Å²) in [7, 11) is 0. The van der Waals surface area contributed by atoms with E-state index < -0.39 is 0 Å². The van der Waals surface area contributed by atoms with Crippen molar-refractivity contribution in [3.8, 4) is 5.75 Å². The molecule has 0 saturated carbocycles. The zero-order chi connectivity index (χ0) is 21.6. The molecule has 1 unspecified atom stereocenters. The minimum absolute atomic E-state index is 0.411. The minimum atomic E-state index is 0.411. The SMILES string of the molecule is c1ccc(OCCN2CCCC2)c(CN2CCOCC(Cc3cn4ccnc4cn3)C2)c1. The van der Waals surface area contributed by atoms with E-state index in [0.717, 1.165) is 69.5 Å². The molecule has 0 amide bonds. The Morgan fingerprint density at radius 2 is 1.97 bits per heavy atom. The van der Waals surface area contributed by atoms with Crippen LogP contribution in [0.3, 0.4) is 0 Å². The summed E-state index contributed by atoms with van der Waals surface area (Å²) in [5.74, 6) is 1.43. The highest BCUT2D eigenvalue weighted by Crippen LogP contribution is 2.22. The zero-order valence-corrected chi connectivity index (χ0v) is 18.7. The monoisotopic (exact) mass is 435 g/mol. The van der Waals surface area contributed by atoms with Gasteiger partial charge in [-0.2, -0.15) is 0 Å².